The van der Waals surface area contributed by atoms with Crippen molar-refractivity contribution in [1.29, 1.82) is 0 Å². The molecule has 1 aromatic heterocycles. The molecule has 6 heteroatoms. The van der Waals surface area contributed by atoms with Gasteiger partial charge in [-0.3, -0.25) is 10.1 Å². The maximum absolute atomic E-state index is 10.8. The summed E-state index contributed by atoms with van der Waals surface area (Å²) in [4.78, 5) is 14.2. The fourth-order valence-corrected chi connectivity index (χ4v) is 1.49. The van der Waals surface area contributed by atoms with Crippen LogP contribution < -0.4 is 10.5 Å². The first-order valence-corrected chi connectivity index (χ1v) is 5.24. The second-order valence-corrected chi connectivity index (χ2v) is 3.56. The number of ether oxygens (including phenoxy) is 1. The van der Waals surface area contributed by atoms with Crippen LogP contribution in [0, 0.1) is 10.1 Å². The summed E-state index contributed by atoms with van der Waals surface area (Å²) in [5.41, 5.74) is 6.13. The number of benzene rings is 1. The quantitative estimate of drug-likeness (QED) is 0.658. The lowest BCUT2D eigenvalue weighted by atomic mass is 10.2. The number of nitrogens with zero attached hydrogens (tertiary/aromatic N) is 2. The van der Waals surface area contributed by atoms with Gasteiger partial charge in [-0.1, -0.05) is 12.1 Å². The Morgan fingerprint density at radius 3 is 2.78 bits per heavy atom. The molecule has 0 spiro atoms. The summed E-state index contributed by atoms with van der Waals surface area (Å²) >= 11 is 0. The summed E-state index contributed by atoms with van der Waals surface area (Å²) in [6, 6.07) is 9.76. The van der Waals surface area contributed by atoms with Crippen LogP contribution in [0.15, 0.2) is 42.6 Å². The Morgan fingerprint density at radius 2 is 2.06 bits per heavy atom. The van der Waals surface area contributed by atoms with Gasteiger partial charge in [-0.05, 0) is 18.2 Å². The molecule has 0 unspecified atom stereocenters. The number of hydrogen-bond donors (Lipinski definition) is 1. The van der Waals surface area contributed by atoms with Crippen molar-refractivity contribution in [2.45, 2.75) is 6.61 Å². The highest BCUT2D eigenvalue weighted by atomic mass is 16.6. The average molecular weight is 245 g/mol. The van der Waals surface area contributed by atoms with Gasteiger partial charge in [0.15, 0.2) is 11.6 Å². The third-order valence-electron chi connectivity index (χ3n) is 2.37. The third kappa shape index (κ3) is 2.54. The number of nitro groups is 1. The van der Waals surface area contributed by atoms with E-state index >= 15 is 0 Å². The Balaban J connectivity index is 2.16. The van der Waals surface area contributed by atoms with Crippen molar-refractivity contribution in [3.63, 3.8) is 0 Å². The molecule has 0 aliphatic rings. The molecule has 92 valence electrons. The Hall–Kier alpha value is -2.63. The number of hydrogen-bond acceptors (Lipinski definition) is 5. The van der Waals surface area contributed by atoms with E-state index in [4.69, 9.17) is 10.5 Å². The molecule has 0 aliphatic carbocycles. The van der Waals surface area contributed by atoms with Crippen molar-refractivity contribution < 1.29 is 9.66 Å². The van der Waals surface area contributed by atoms with Crippen LogP contribution >= 0.6 is 0 Å². The first-order chi connectivity index (χ1) is 8.68. The molecule has 0 amide bonds. The Bertz CT molecular complexity index is 572. The van der Waals surface area contributed by atoms with Gasteiger partial charge in [0.25, 0.3) is 5.69 Å². The van der Waals surface area contributed by atoms with Gasteiger partial charge in [0.1, 0.15) is 6.61 Å². The molecule has 2 rings (SSSR count). The Labute approximate surface area is 103 Å². The summed E-state index contributed by atoms with van der Waals surface area (Å²) in [5.74, 6) is 0.673. The zero-order valence-electron chi connectivity index (χ0n) is 9.45. The number of rotatable bonds is 4. The molecule has 0 aliphatic heterocycles. The molecule has 0 saturated carbocycles. The van der Waals surface area contributed by atoms with E-state index in [0.29, 0.717) is 11.3 Å². The number of nitro benzene ring substituents is 1. The van der Waals surface area contributed by atoms with Gasteiger partial charge in [0, 0.05) is 12.3 Å². The summed E-state index contributed by atoms with van der Waals surface area (Å²) in [5, 5.41) is 10.8. The average Bonchev–Trinajstić information content (AvgIpc) is 2.38. The summed E-state index contributed by atoms with van der Waals surface area (Å²) < 4.78 is 5.42. The smallest absolute Gasteiger partial charge is 0.276 e. The van der Waals surface area contributed by atoms with Crippen molar-refractivity contribution in [3.05, 3.63) is 58.3 Å². The first kappa shape index (κ1) is 11.8. The lowest BCUT2D eigenvalue weighted by Gasteiger charge is -2.07. The SMILES string of the molecule is Nc1ncccc1OCc1ccccc1[N+](=O)[O-]. The minimum Gasteiger partial charge on any atom is -0.485 e. The highest BCUT2D eigenvalue weighted by molar-refractivity contribution is 5.45. The first-order valence-electron chi connectivity index (χ1n) is 5.24. The van der Waals surface area contributed by atoms with Crippen LogP contribution in [-0.4, -0.2) is 9.91 Å². The normalized spacial score (nSPS) is 10.0. The lowest BCUT2D eigenvalue weighted by Crippen LogP contribution is -2.02. The maximum Gasteiger partial charge on any atom is 0.276 e. The predicted octanol–water partition coefficient (Wildman–Crippen LogP) is 2.15. The van der Waals surface area contributed by atoms with Crippen molar-refractivity contribution >= 4 is 11.5 Å². The largest absolute Gasteiger partial charge is 0.485 e. The van der Waals surface area contributed by atoms with Crippen LogP contribution in [0.3, 0.4) is 0 Å². The van der Waals surface area contributed by atoms with Gasteiger partial charge in [0.05, 0.1) is 10.5 Å². The molecule has 2 N–H and O–H groups in total. The molecule has 0 radical (unpaired) electrons. The van der Waals surface area contributed by atoms with E-state index in [-0.39, 0.29) is 18.1 Å². The number of aromatic nitrogens is 1. The van der Waals surface area contributed by atoms with Gasteiger partial charge in [0.2, 0.25) is 0 Å². The summed E-state index contributed by atoms with van der Waals surface area (Å²) in [6.45, 7) is 0.0764. The number of pyridine rings is 1. The summed E-state index contributed by atoms with van der Waals surface area (Å²) in [7, 11) is 0. The zero-order valence-corrected chi connectivity index (χ0v) is 9.45. The van der Waals surface area contributed by atoms with Gasteiger partial charge in [-0.25, -0.2) is 4.98 Å². The standard InChI is InChI=1S/C12H11N3O3/c13-12-11(6-3-7-14-12)18-8-9-4-1-2-5-10(9)15(16)17/h1-7H,8H2,(H2,13,14). The molecular weight excluding hydrogens is 234 g/mol. The van der Waals surface area contributed by atoms with Crippen LogP contribution in [0.4, 0.5) is 11.5 Å². The van der Waals surface area contributed by atoms with E-state index in [1.165, 1.54) is 6.07 Å². The molecule has 0 saturated heterocycles. The Morgan fingerprint density at radius 1 is 1.28 bits per heavy atom. The van der Waals surface area contributed by atoms with E-state index < -0.39 is 4.92 Å². The molecule has 1 heterocycles. The fourth-order valence-electron chi connectivity index (χ4n) is 1.49. The minimum absolute atomic E-state index is 0.0277. The van der Waals surface area contributed by atoms with E-state index in [0.717, 1.165) is 0 Å². The van der Waals surface area contributed by atoms with Crippen molar-refractivity contribution in [2.75, 3.05) is 5.73 Å². The third-order valence-corrected chi connectivity index (χ3v) is 2.37. The topological polar surface area (TPSA) is 91.3 Å². The van der Waals surface area contributed by atoms with Gasteiger partial charge >= 0.3 is 0 Å². The van der Waals surface area contributed by atoms with Crippen LogP contribution in [0.25, 0.3) is 0 Å². The van der Waals surface area contributed by atoms with Gasteiger partial charge < -0.3 is 10.5 Å². The molecule has 0 bridgehead atoms. The van der Waals surface area contributed by atoms with E-state index in [9.17, 15) is 10.1 Å². The second-order valence-electron chi connectivity index (χ2n) is 3.56. The van der Waals surface area contributed by atoms with E-state index in [1.54, 1.807) is 36.5 Å². The van der Waals surface area contributed by atoms with Crippen LogP contribution in [0.2, 0.25) is 0 Å². The molecule has 6 nitrogen and oxygen atoms in total. The molecule has 18 heavy (non-hydrogen) atoms. The predicted molar refractivity (Wildman–Crippen MR) is 66.1 cm³/mol. The Kier molecular flexibility index (Phi) is 3.38. The summed E-state index contributed by atoms with van der Waals surface area (Å²) in [6.07, 6.45) is 1.55. The lowest BCUT2D eigenvalue weighted by molar-refractivity contribution is -0.385. The van der Waals surface area contributed by atoms with Crippen LogP contribution in [0.5, 0.6) is 5.75 Å². The minimum atomic E-state index is -0.439. The van der Waals surface area contributed by atoms with Crippen molar-refractivity contribution in [3.8, 4) is 5.75 Å². The molecule has 0 fully saturated rings. The maximum atomic E-state index is 10.8. The molecule has 2 aromatic rings. The van der Waals surface area contributed by atoms with E-state index in [1.807, 2.05) is 0 Å². The van der Waals surface area contributed by atoms with Gasteiger partial charge in [-0.15, -0.1) is 0 Å². The van der Waals surface area contributed by atoms with Crippen LogP contribution in [0.1, 0.15) is 5.56 Å². The molecule has 0 atom stereocenters. The number of anilines is 1. The van der Waals surface area contributed by atoms with Crippen molar-refractivity contribution in [1.82, 2.24) is 4.98 Å². The fraction of sp³-hybridized carbons (Fsp3) is 0.0833. The second kappa shape index (κ2) is 5.13. The monoisotopic (exact) mass is 245 g/mol. The number of para-hydroxylation sites is 1. The number of nitrogen functional groups attached to an aromatic ring is 1. The molecular formula is C12H11N3O3. The number of nitrogens with two attached hydrogens (primary N) is 1. The van der Waals surface area contributed by atoms with Gasteiger partial charge in [-0.2, -0.15) is 0 Å². The molecule has 1 aromatic carbocycles. The van der Waals surface area contributed by atoms with Crippen molar-refractivity contribution in [2.24, 2.45) is 0 Å². The van der Waals surface area contributed by atoms with Crippen LogP contribution in [-0.2, 0) is 6.61 Å². The highest BCUT2D eigenvalue weighted by Gasteiger charge is 2.13. The highest BCUT2D eigenvalue weighted by Crippen LogP contribution is 2.22. The zero-order chi connectivity index (χ0) is 13.0. The van der Waals surface area contributed by atoms with E-state index in [2.05, 4.69) is 4.98 Å².